The smallest absolute Gasteiger partial charge is 0.119 e. The highest BCUT2D eigenvalue weighted by molar-refractivity contribution is 5.32. The molecule has 0 fully saturated rings. The fraction of sp³-hybridized carbons (Fsp3) is 0.385. The van der Waals surface area contributed by atoms with E-state index < -0.39 is 0 Å². The molecule has 1 rings (SSSR count). The molecule has 0 radical (unpaired) electrons. The molecule has 0 heterocycles. The SMILES string of the molecule is C=C(O)CCCOc1cc(C)cc(C)c1. The highest BCUT2D eigenvalue weighted by Crippen LogP contribution is 2.16. The summed E-state index contributed by atoms with van der Waals surface area (Å²) >= 11 is 0. The summed E-state index contributed by atoms with van der Waals surface area (Å²) < 4.78 is 5.57. The molecule has 0 aliphatic carbocycles. The van der Waals surface area contributed by atoms with Gasteiger partial charge < -0.3 is 9.84 Å². The van der Waals surface area contributed by atoms with Gasteiger partial charge in [0.15, 0.2) is 0 Å². The van der Waals surface area contributed by atoms with Crippen molar-refractivity contribution in [1.82, 2.24) is 0 Å². The minimum atomic E-state index is 0.221. The number of rotatable bonds is 5. The number of hydrogen-bond acceptors (Lipinski definition) is 2. The van der Waals surface area contributed by atoms with Crippen LogP contribution < -0.4 is 4.74 Å². The standard InChI is InChI=1S/C13H18O2/c1-10-7-11(2)9-13(8-10)15-6-4-5-12(3)14/h7-9,14H,3-6H2,1-2H3. The van der Waals surface area contributed by atoms with Crippen molar-refractivity contribution in [3.8, 4) is 5.75 Å². The van der Waals surface area contributed by atoms with Crippen molar-refractivity contribution in [3.05, 3.63) is 41.7 Å². The van der Waals surface area contributed by atoms with Gasteiger partial charge in [-0.1, -0.05) is 12.6 Å². The van der Waals surface area contributed by atoms with Gasteiger partial charge in [0.05, 0.1) is 12.4 Å². The van der Waals surface area contributed by atoms with Crippen LogP contribution in [0.2, 0.25) is 0 Å². The van der Waals surface area contributed by atoms with Crippen LogP contribution in [0.3, 0.4) is 0 Å². The molecule has 2 nitrogen and oxygen atoms in total. The zero-order chi connectivity index (χ0) is 11.3. The van der Waals surface area contributed by atoms with Crippen molar-refractivity contribution in [2.45, 2.75) is 26.7 Å². The van der Waals surface area contributed by atoms with Crippen LogP contribution in [-0.4, -0.2) is 11.7 Å². The Kier molecular flexibility index (Phi) is 4.22. The molecule has 0 spiro atoms. The van der Waals surface area contributed by atoms with Gasteiger partial charge in [-0.3, -0.25) is 0 Å². The lowest BCUT2D eigenvalue weighted by Crippen LogP contribution is -1.98. The second-order valence-corrected chi connectivity index (χ2v) is 3.84. The summed E-state index contributed by atoms with van der Waals surface area (Å²) in [6, 6.07) is 6.14. The number of allylic oxidation sites excluding steroid dienone is 1. The van der Waals surface area contributed by atoms with Crippen LogP contribution in [0.4, 0.5) is 0 Å². The topological polar surface area (TPSA) is 29.5 Å². The van der Waals surface area contributed by atoms with E-state index >= 15 is 0 Å². The Balaban J connectivity index is 2.40. The van der Waals surface area contributed by atoms with Gasteiger partial charge in [-0.05, 0) is 43.5 Å². The number of aliphatic hydroxyl groups excluding tert-OH is 1. The molecular weight excluding hydrogens is 188 g/mol. The monoisotopic (exact) mass is 206 g/mol. The van der Waals surface area contributed by atoms with Crippen molar-refractivity contribution < 1.29 is 9.84 Å². The van der Waals surface area contributed by atoms with Crippen molar-refractivity contribution >= 4 is 0 Å². The second kappa shape index (κ2) is 5.44. The summed E-state index contributed by atoms with van der Waals surface area (Å²) in [5.74, 6) is 1.12. The lowest BCUT2D eigenvalue weighted by molar-refractivity contribution is 0.295. The quantitative estimate of drug-likeness (QED) is 0.590. The van der Waals surface area contributed by atoms with Crippen LogP contribution in [0.15, 0.2) is 30.5 Å². The van der Waals surface area contributed by atoms with Crippen LogP contribution in [-0.2, 0) is 0 Å². The Morgan fingerprint density at radius 1 is 1.27 bits per heavy atom. The second-order valence-electron chi connectivity index (χ2n) is 3.84. The van der Waals surface area contributed by atoms with Crippen molar-refractivity contribution in [2.75, 3.05) is 6.61 Å². The minimum absolute atomic E-state index is 0.221. The lowest BCUT2D eigenvalue weighted by atomic mass is 10.1. The van der Waals surface area contributed by atoms with E-state index in [1.165, 1.54) is 11.1 Å². The third-order valence-electron chi connectivity index (χ3n) is 2.07. The first kappa shape index (κ1) is 11.6. The first-order valence-corrected chi connectivity index (χ1v) is 5.16. The molecule has 0 aliphatic rings. The van der Waals surface area contributed by atoms with E-state index in [4.69, 9.17) is 9.84 Å². The minimum Gasteiger partial charge on any atom is -0.513 e. The number of hydrogen-bond donors (Lipinski definition) is 1. The van der Waals surface area contributed by atoms with Gasteiger partial charge in [0.2, 0.25) is 0 Å². The molecule has 0 amide bonds. The molecule has 15 heavy (non-hydrogen) atoms. The average Bonchev–Trinajstić information content (AvgIpc) is 2.10. The Hall–Kier alpha value is -1.44. The lowest BCUT2D eigenvalue weighted by Gasteiger charge is -2.07. The van der Waals surface area contributed by atoms with Crippen LogP contribution in [0, 0.1) is 13.8 Å². The molecule has 2 heteroatoms. The number of aliphatic hydroxyl groups is 1. The van der Waals surface area contributed by atoms with Crippen LogP contribution >= 0.6 is 0 Å². The summed E-state index contributed by atoms with van der Waals surface area (Å²) in [5.41, 5.74) is 2.41. The summed E-state index contributed by atoms with van der Waals surface area (Å²) in [5, 5.41) is 8.89. The molecule has 0 aromatic heterocycles. The molecule has 0 saturated heterocycles. The molecule has 0 aliphatic heterocycles. The molecule has 0 unspecified atom stereocenters. The Morgan fingerprint density at radius 3 is 2.40 bits per heavy atom. The number of benzene rings is 1. The molecule has 0 saturated carbocycles. The van der Waals surface area contributed by atoms with E-state index in [1.807, 2.05) is 12.1 Å². The van der Waals surface area contributed by atoms with Crippen molar-refractivity contribution in [1.29, 1.82) is 0 Å². The highest BCUT2D eigenvalue weighted by atomic mass is 16.5. The zero-order valence-corrected chi connectivity index (χ0v) is 9.42. The maximum absolute atomic E-state index is 8.89. The molecule has 1 aromatic rings. The van der Waals surface area contributed by atoms with Crippen LogP contribution in [0.25, 0.3) is 0 Å². The summed E-state index contributed by atoms with van der Waals surface area (Å²) in [4.78, 5) is 0. The predicted octanol–water partition coefficient (Wildman–Crippen LogP) is 3.53. The van der Waals surface area contributed by atoms with E-state index in [0.29, 0.717) is 13.0 Å². The van der Waals surface area contributed by atoms with Crippen molar-refractivity contribution in [3.63, 3.8) is 0 Å². The summed E-state index contributed by atoms with van der Waals surface area (Å²) in [6.07, 6.45) is 1.40. The van der Waals surface area contributed by atoms with Gasteiger partial charge in [0.1, 0.15) is 5.75 Å². The third kappa shape index (κ3) is 4.54. The van der Waals surface area contributed by atoms with Crippen LogP contribution in [0.1, 0.15) is 24.0 Å². The maximum Gasteiger partial charge on any atom is 0.119 e. The Bertz CT molecular complexity index is 322. The molecule has 82 valence electrons. The van der Waals surface area contributed by atoms with E-state index in [-0.39, 0.29) is 5.76 Å². The molecular formula is C13H18O2. The first-order chi connectivity index (χ1) is 7.08. The van der Waals surface area contributed by atoms with Gasteiger partial charge in [0.25, 0.3) is 0 Å². The van der Waals surface area contributed by atoms with Crippen molar-refractivity contribution in [2.24, 2.45) is 0 Å². The van der Waals surface area contributed by atoms with Crippen LogP contribution in [0.5, 0.6) is 5.75 Å². The highest BCUT2D eigenvalue weighted by Gasteiger charge is 1.97. The van der Waals surface area contributed by atoms with E-state index in [0.717, 1.165) is 12.2 Å². The van der Waals surface area contributed by atoms with Gasteiger partial charge in [-0.2, -0.15) is 0 Å². The summed E-state index contributed by atoms with van der Waals surface area (Å²) in [7, 11) is 0. The van der Waals surface area contributed by atoms with E-state index in [1.54, 1.807) is 0 Å². The normalized spacial score (nSPS) is 10.0. The van der Waals surface area contributed by atoms with Gasteiger partial charge in [-0.25, -0.2) is 0 Å². The Morgan fingerprint density at radius 2 is 1.87 bits per heavy atom. The molecule has 1 aromatic carbocycles. The zero-order valence-electron chi connectivity index (χ0n) is 9.42. The molecule has 0 atom stereocenters. The fourth-order valence-corrected chi connectivity index (χ4v) is 1.48. The number of aryl methyl sites for hydroxylation is 2. The van der Waals surface area contributed by atoms with Gasteiger partial charge in [0, 0.05) is 6.42 Å². The maximum atomic E-state index is 8.89. The largest absolute Gasteiger partial charge is 0.513 e. The van der Waals surface area contributed by atoms with Gasteiger partial charge in [-0.15, -0.1) is 0 Å². The first-order valence-electron chi connectivity index (χ1n) is 5.16. The van der Waals surface area contributed by atoms with E-state index in [2.05, 4.69) is 26.5 Å². The average molecular weight is 206 g/mol. The molecule has 1 N–H and O–H groups in total. The van der Waals surface area contributed by atoms with Gasteiger partial charge >= 0.3 is 0 Å². The molecule has 0 bridgehead atoms. The Labute approximate surface area is 91.2 Å². The summed E-state index contributed by atoms with van der Waals surface area (Å²) in [6.45, 7) is 8.14. The fourth-order valence-electron chi connectivity index (χ4n) is 1.48. The third-order valence-corrected chi connectivity index (χ3v) is 2.07. The van der Waals surface area contributed by atoms with E-state index in [9.17, 15) is 0 Å². The number of ether oxygens (including phenoxy) is 1. The predicted molar refractivity (Wildman–Crippen MR) is 62.4 cm³/mol.